The van der Waals surface area contributed by atoms with Gasteiger partial charge in [-0.3, -0.25) is 14.5 Å². The highest BCUT2D eigenvalue weighted by Gasteiger charge is 2.32. The van der Waals surface area contributed by atoms with E-state index in [4.69, 9.17) is 9.84 Å². The average molecular weight is 306 g/mol. The number of amides is 1. The molecule has 1 heterocycles. The molecule has 0 spiro atoms. The second-order valence-corrected chi connectivity index (χ2v) is 5.53. The summed E-state index contributed by atoms with van der Waals surface area (Å²) in [5, 5.41) is 9.16. The topological polar surface area (TPSA) is 70.1 Å². The Bertz CT molecular complexity index is 547. The zero-order valence-electron chi connectivity index (χ0n) is 13.0. The summed E-state index contributed by atoms with van der Waals surface area (Å²) in [5.41, 5.74) is 0.928. The maximum atomic E-state index is 12.3. The quantitative estimate of drug-likeness (QED) is 0.855. The number of carboxylic acids is 1. The van der Waals surface area contributed by atoms with Crippen molar-refractivity contribution in [1.82, 2.24) is 9.80 Å². The number of hydrogen-bond acceptors (Lipinski definition) is 4. The molecule has 0 aromatic heterocycles. The molecule has 6 nitrogen and oxygen atoms in total. The lowest BCUT2D eigenvalue weighted by molar-refractivity contribution is -0.143. The van der Waals surface area contributed by atoms with E-state index in [1.54, 1.807) is 24.0 Å². The fourth-order valence-electron chi connectivity index (χ4n) is 2.77. The van der Waals surface area contributed by atoms with E-state index >= 15 is 0 Å². The van der Waals surface area contributed by atoms with Crippen molar-refractivity contribution in [2.45, 2.75) is 25.4 Å². The zero-order valence-corrected chi connectivity index (χ0v) is 13.0. The van der Waals surface area contributed by atoms with Crippen molar-refractivity contribution in [3.05, 3.63) is 29.8 Å². The van der Waals surface area contributed by atoms with E-state index in [0.29, 0.717) is 19.5 Å². The highest BCUT2D eigenvalue weighted by molar-refractivity contribution is 5.80. The Balaban J connectivity index is 1.96. The molecular formula is C16H22N2O4. The third-order valence-corrected chi connectivity index (χ3v) is 4.01. The van der Waals surface area contributed by atoms with E-state index in [1.807, 2.05) is 24.3 Å². The van der Waals surface area contributed by atoms with Gasteiger partial charge in [-0.25, -0.2) is 0 Å². The standard InChI is InChI=1S/C16H22N2O4/c1-17(10-12-6-3-4-8-14(12)22-2)15(19)11-18-9-5-7-13(18)16(20)21/h3-4,6,8,13H,5,7,9-11H2,1-2H3,(H,20,21). The molecule has 0 radical (unpaired) electrons. The van der Waals surface area contributed by atoms with Crippen LogP contribution in [-0.4, -0.2) is 60.1 Å². The summed E-state index contributed by atoms with van der Waals surface area (Å²) in [6.45, 7) is 1.24. The van der Waals surface area contributed by atoms with Gasteiger partial charge in [0.1, 0.15) is 11.8 Å². The molecule has 6 heteroatoms. The predicted octanol–water partition coefficient (Wildman–Crippen LogP) is 1.20. The lowest BCUT2D eigenvalue weighted by Crippen LogP contribution is -2.43. The van der Waals surface area contributed by atoms with Crippen molar-refractivity contribution in [3.8, 4) is 5.75 Å². The van der Waals surface area contributed by atoms with Crippen LogP contribution >= 0.6 is 0 Å². The number of likely N-dealkylation sites (tertiary alicyclic amines) is 1. The molecule has 120 valence electrons. The summed E-state index contributed by atoms with van der Waals surface area (Å²) in [5.74, 6) is -0.191. The molecule has 0 saturated carbocycles. The van der Waals surface area contributed by atoms with E-state index in [9.17, 15) is 9.59 Å². The molecule has 2 rings (SSSR count). The molecule has 1 aromatic carbocycles. The second kappa shape index (κ2) is 7.26. The van der Waals surface area contributed by atoms with Gasteiger partial charge < -0.3 is 14.7 Å². The van der Waals surface area contributed by atoms with E-state index in [0.717, 1.165) is 17.7 Å². The molecule has 1 amide bonds. The summed E-state index contributed by atoms with van der Waals surface area (Å²) in [6, 6.07) is 7.01. The Kier molecular flexibility index (Phi) is 5.38. The number of carbonyl (C=O) groups is 2. The molecule has 1 saturated heterocycles. The number of hydrogen-bond donors (Lipinski definition) is 1. The van der Waals surface area contributed by atoms with Gasteiger partial charge in [-0.05, 0) is 25.5 Å². The van der Waals surface area contributed by atoms with E-state index < -0.39 is 12.0 Å². The Morgan fingerprint density at radius 3 is 2.82 bits per heavy atom. The van der Waals surface area contributed by atoms with Crippen molar-refractivity contribution in [3.63, 3.8) is 0 Å². The third-order valence-electron chi connectivity index (χ3n) is 4.01. The van der Waals surface area contributed by atoms with Gasteiger partial charge in [-0.2, -0.15) is 0 Å². The van der Waals surface area contributed by atoms with Gasteiger partial charge in [0.05, 0.1) is 13.7 Å². The van der Waals surface area contributed by atoms with Crippen LogP contribution in [0.15, 0.2) is 24.3 Å². The summed E-state index contributed by atoms with van der Waals surface area (Å²) in [7, 11) is 3.32. The lowest BCUT2D eigenvalue weighted by atomic mass is 10.2. The number of rotatable bonds is 6. The average Bonchev–Trinajstić information content (AvgIpc) is 2.96. The first-order valence-corrected chi connectivity index (χ1v) is 7.35. The molecule has 1 aromatic rings. The molecule has 22 heavy (non-hydrogen) atoms. The Morgan fingerprint density at radius 1 is 1.41 bits per heavy atom. The maximum Gasteiger partial charge on any atom is 0.320 e. The largest absolute Gasteiger partial charge is 0.496 e. The number of carbonyl (C=O) groups excluding carboxylic acids is 1. The van der Waals surface area contributed by atoms with E-state index in [1.165, 1.54) is 0 Å². The maximum absolute atomic E-state index is 12.3. The second-order valence-electron chi connectivity index (χ2n) is 5.53. The number of para-hydroxylation sites is 1. The van der Waals surface area contributed by atoms with Gasteiger partial charge in [0.15, 0.2) is 0 Å². The molecule has 0 bridgehead atoms. The Labute approximate surface area is 130 Å². The van der Waals surface area contributed by atoms with Crippen molar-refractivity contribution in [1.29, 1.82) is 0 Å². The van der Waals surface area contributed by atoms with E-state index in [2.05, 4.69) is 0 Å². The monoisotopic (exact) mass is 306 g/mol. The van der Waals surface area contributed by atoms with Crippen LogP contribution in [0.25, 0.3) is 0 Å². The highest BCUT2D eigenvalue weighted by Crippen LogP contribution is 2.20. The van der Waals surface area contributed by atoms with Crippen LogP contribution < -0.4 is 4.74 Å². The molecule has 1 unspecified atom stereocenters. The number of methoxy groups -OCH3 is 1. The van der Waals surface area contributed by atoms with Crippen LogP contribution in [0.2, 0.25) is 0 Å². The Morgan fingerprint density at radius 2 is 2.14 bits per heavy atom. The number of likely N-dealkylation sites (N-methyl/N-ethyl adjacent to an activating group) is 1. The molecule has 1 N–H and O–H groups in total. The van der Waals surface area contributed by atoms with Crippen LogP contribution in [0, 0.1) is 0 Å². The minimum atomic E-state index is -0.849. The van der Waals surface area contributed by atoms with Crippen LogP contribution in [0.5, 0.6) is 5.75 Å². The smallest absolute Gasteiger partial charge is 0.320 e. The number of aliphatic carboxylic acids is 1. The fourth-order valence-corrected chi connectivity index (χ4v) is 2.77. The Hall–Kier alpha value is -2.08. The predicted molar refractivity (Wildman–Crippen MR) is 81.7 cm³/mol. The third kappa shape index (κ3) is 3.76. The number of benzene rings is 1. The molecule has 1 fully saturated rings. The van der Waals surface area contributed by atoms with Crippen molar-refractivity contribution < 1.29 is 19.4 Å². The van der Waals surface area contributed by atoms with Crippen LogP contribution in [0.4, 0.5) is 0 Å². The molecule has 0 aliphatic carbocycles. The minimum absolute atomic E-state index is 0.0842. The van der Waals surface area contributed by atoms with Crippen molar-refractivity contribution in [2.24, 2.45) is 0 Å². The first-order chi connectivity index (χ1) is 10.5. The first kappa shape index (κ1) is 16.3. The van der Waals surface area contributed by atoms with E-state index in [-0.39, 0.29) is 12.5 Å². The lowest BCUT2D eigenvalue weighted by Gasteiger charge is -2.24. The fraction of sp³-hybridized carbons (Fsp3) is 0.500. The molecule has 1 aliphatic rings. The van der Waals surface area contributed by atoms with Gasteiger partial charge >= 0.3 is 5.97 Å². The normalized spacial score (nSPS) is 18.2. The summed E-state index contributed by atoms with van der Waals surface area (Å²) in [6.07, 6.45) is 1.43. The zero-order chi connectivity index (χ0) is 16.1. The minimum Gasteiger partial charge on any atom is -0.496 e. The molecular weight excluding hydrogens is 284 g/mol. The molecule has 1 aliphatic heterocycles. The first-order valence-electron chi connectivity index (χ1n) is 7.35. The van der Waals surface area contributed by atoms with Crippen molar-refractivity contribution >= 4 is 11.9 Å². The van der Waals surface area contributed by atoms with Gasteiger partial charge in [0, 0.05) is 19.2 Å². The van der Waals surface area contributed by atoms with Gasteiger partial charge in [0.25, 0.3) is 0 Å². The molecule has 1 atom stereocenters. The van der Waals surface area contributed by atoms with Gasteiger partial charge in [-0.15, -0.1) is 0 Å². The van der Waals surface area contributed by atoms with Gasteiger partial charge in [0.2, 0.25) is 5.91 Å². The summed E-state index contributed by atoms with van der Waals surface area (Å²) in [4.78, 5) is 26.8. The van der Waals surface area contributed by atoms with Crippen LogP contribution in [-0.2, 0) is 16.1 Å². The highest BCUT2D eigenvalue weighted by atomic mass is 16.5. The number of ether oxygens (including phenoxy) is 1. The number of nitrogens with zero attached hydrogens (tertiary/aromatic N) is 2. The van der Waals surface area contributed by atoms with Crippen LogP contribution in [0.3, 0.4) is 0 Å². The SMILES string of the molecule is COc1ccccc1CN(C)C(=O)CN1CCCC1C(=O)O. The number of carboxylic acid groups (broad SMARTS) is 1. The summed E-state index contributed by atoms with van der Waals surface area (Å²) < 4.78 is 5.28. The van der Waals surface area contributed by atoms with Crippen molar-refractivity contribution in [2.75, 3.05) is 27.2 Å². The van der Waals surface area contributed by atoms with Crippen LogP contribution in [0.1, 0.15) is 18.4 Å². The van der Waals surface area contributed by atoms with Gasteiger partial charge in [-0.1, -0.05) is 18.2 Å². The summed E-state index contributed by atoms with van der Waals surface area (Å²) >= 11 is 0.